The van der Waals surface area contributed by atoms with Crippen LogP contribution in [-0.2, 0) is 11.2 Å². The summed E-state index contributed by atoms with van der Waals surface area (Å²) in [5.74, 6) is -1.12. The molecule has 1 aromatic carbocycles. The van der Waals surface area contributed by atoms with Crippen LogP contribution in [-0.4, -0.2) is 21.8 Å². The minimum Gasteiger partial charge on any atom is -0.479 e. The largest absolute Gasteiger partial charge is 0.479 e. The van der Waals surface area contributed by atoms with Gasteiger partial charge >= 0.3 is 5.97 Å². The Morgan fingerprint density at radius 1 is 1.17 bits per heavy atom. The molecule has 0 aliphatic carbocycles. The maximum atomic E-state index is 11.2. The monoisotopic (exact) mass is 250 g/mol. The fourth-order valence-electron chi connectivity index (χ4n) is 2.05. The lowest BCUT2D eigenvalue weighted by atomic mass is 9.89. The predicted molar refractivity (Wildman–Crippen MR) is 71.5 cm³/mol. The molecular weight excluding hydrogens is 228 g/mol. The second-order valence-corrected chi connectivity index (χ2v) is 4.81. The number of hydrogen-bond acceptors (Lipinski definition) is 2. The van der Waals surface area contributed by atoms with E-state index in [2.05, 4.69) is 6.92 Å². The van der Waals surface area contributed by atoms with Crippen molar-refractivity contribution in [3.05, 3.63) is 35.9 Å². The van der Waals surface area contributed by atoms with Gasteiger partial charge in [0.1, 0.15) is 0 Å². The van der Waals surface area contributed by atoms with Crippen LogP contribution >= 0.6 is 0 Å². The number of hydrogen-bond donors (Lipinski definition) is 2. The molecule has 0 aromatic heterocycles. The molecule has 0 saturated heterocycles. The fourth-order valence-corrected chi connectivity index (χ4v) is 2.05. The van der Waals surface area contributed by atoms with Crippen LogP contribution in [0, 0.1) is 0 Å². The van der Waals surface area contributed by atoms with Crippen molar-refractivity contribution in [3.63, 3.8) is 0 Å². The van der Waals surface area contributed by atoms with Crippen molar-refractivity contribution >= 4 is 5.97 Å². The molecule has 0 spiro atoms. The van der Waals surface area contributed by atoms with Gasteiger partial charge in [0, 0.05) is 6.42 Å². The average molecular weight is 250 g/mol. The minimum atomic E-state index is -1.63. The molecule has 1 atom stereocenters. The standard InChI is InChI=1S/C15H22O3/c1-2-3-4-8-11-15(18,14(16)17)12-13-9-6-5-7-10-13/h5-7,9-10,18H,2-4,8,11-12H2,1H3,(H,16,17). The van der Waals surface area contributed by atoms with Crippen molar-refractivity contribution in [2.45, 2.75) is 51.0 Å². The summed E-state index contributed by atoms with van der Waals surface area (Å²) < 4.78 is 0. The van der Waals surface area contributed by atoms with E-state index in [-0.39, 0.29) is 6.42 Å². The Labute approximate surface area is 108 Å². The SMILES string of the molecule is CCCCCCC(O)(Cc1ccccc1)C(=O)O. The second kappa shape index (κ2) is 7.17. The summed E-state index contributed by atoms with van der Waals surface area (Å²) in [5.41, 5.74) is -0.771. The first-order valence-electron chi connectivity index (χ1n) is 6.58. The zero-order valence-corrected chi connectivity index (χ0v) is 10.9. The highest BCUT2D eigenvalue weighted by atomic mass is 16.4. The van der Waals surface area contributed by atoms with Gasteiger partial charge in [0.05, 0.1) is 0 Å². The maximum absolute atomic E-state index is 11.2. The third kappa shape index (κ3) is 4.49. The van der Waals surface area contributed by atoms with Crippen molar-refractivity contribution in [2.75, 3.05) is 0 Å². The van der Waals surface area contributed by atoms with Crippen LogP contribution in [0.25, 0.3) is 0 Å². The molecule has 18 heavy (non-hydrogen) atoms. The normalized spacial score (nSPS) is 14.1. The van der Waals surface area contributed by atoms with E-state index in [1.54, 1.807) is 0 Å². The van der Waals surface area contributed by atoms with Crippen molar-refractivity contribution in [2.24, 2.45) is 0 Å². The molecule has 2 N–H and O–H groups in total. The summed E-state index contributed by atoms with van der Waals surface area (Å²) in [6.07, 6.45) is 4.40. The van der Waals surface area contributed by atoms with Crippen LogP contribution in [0.2, 0.25) is 0 Å². The Bertz CT molecular complexity index is 361. The number of aliphatic carboxylic acids is 1. The average Bonchev–Trinajstić information content (AvgIpc) is 2.36. The van der Waals surface area contributed by atoms with E-state index in [9.17, 15) is 15.0 Å². The summed E-state index contributed by atoms with van der Waals surface area (Å²) >= 11 is 0. The number of rotatable bonds is 8. The topological polar surface area (TPSA) is 57.5 Å². The van der Waals surface area contributed by atoms with Crippen LogP contribution in [0.4, 0.5) is 0 Å². The van der Waals surface area contributed by atoms with Gasteiger partial charge in [0.2, 0.25) is 0 Å². The second-order valence-electron chi connectivity index (χ2n) is 4.81. The first-order valence-corrected chi connectivity index (χ1v) is 6.58. The van der Waals surface area contributed by atoms with E-state index in [1.807, 2.05) is 30.3 Å². The molecule has 0 radical (unpaired) electrons. The summed E-state index contributed by atoms with van der Waals surface area (Å²) in [7, 11) is 0. The van der Waals surface area contributed by atoms with Crippen molar-refractivity contribution in [1.29, 1.82) is 0 Å². The maximum Gasteiger partial charge on any atom is 0.336 e. The molecular formula is C15H22O3. The Hall–Kier alpha value is -1.35. The number of unbranched alkanes of at least 4 members (excludes halogenated alkanes) is 3. The van der Waals surface area contributed by atoms with Gasteiger partial charge in [-0.15, -0.1) is 0 Å². The lowest BCUT2D eigenvalue weighted by molar-refractivity contribution is -0.159. The van der Waals surface area contributed by atoms with Crippen molar-refractivity contribution < 1.29 is 15.0 Å². The molecule has 0 amide bonds. The molecule has 1 unspecified atom stereocenters. The van der Waals surface area contributed by atoms with Crippen LogP contribution in [0.15, 0.2) is 30.3 Å². The van der Waals surface area contributed by atoms with Crippen LogP contribution < -0.4 is 0 Å². The van der Waals surface area contributed by atoms with Crippen LogP contribution in [0.5, 0.6) is 0 Å². The van der Waals surface area contributed by atoms with Crippen molar-refractivity contribution in [1.82, 2.24) is 0 Å². The molecule has 0 aliphatic heterocycles. The Kier molecular flexibility index (Phi) is 5.86. The predicted octanol–water partition coefficient (Wildman–Crippen LogP) is 3.02. The van der Waals surface area contributed by atoms with Crippen LogP contribution in [0.3, 0.4) is 0 Å². The van der Waals surface area contributed by atoms with Gasteiger partial charge in [-0.1, -0.05) is 56.5 Å². The summed E-state index contributed by atoms with van der Waals surface area (Å²) in [6, 6.07) is 9.29. The Morgan fingerprint density at radius 3 is 2.39 bits per heavy atom. The summed E-state index contributed by atoms with van der Waals surface area (Å²) in [4.78, 5) is 11.2. The minimum absolute atomic E-state index is 0.176. The third-order valence-corrected chi connectivity index (χ3v) is 3.18. The Morgan fingerprint density at radius 2 is 1.83 bits per heavy atom. The van der Waals surface area contributed by atoms with Gasteiger partial charge in [0.15, 0.2) is 5.60 Å². The number of carbonyl (C=O) groups is 1. The van der Waals surface area contributed by atoms with E-state index in [1.165, 1.54) is 0 Å². The molecule has 3 heteroatoms. The first-order chi connectivity index (χ1) is 8.58. The third-order valence-electron chi connectivity index (χ3n) is 3.18. The number of carboxylic acids is 1. The molecule has 0 saturated carbocycles. The summed E-state index contributed by atoms with van der Waals surface area (Å²) in [6.45, 7) is 2.10. The van der Waals surface area contributed by atoms with Gasteiger partial charge in [-0.25, -0.2) is 4.79 Å². The Balaban J connectivity index is 2.60. The van der Waals surface area contributed by atoms with E-state index >= 15 is 0 Å². The van der Waals surface area contributed by atoms with E-state index < -0.39 is 11.6 Å². The zero-order valence-electron chi connectivity index (χ0n) is 10.9. The van der Waals surface area contributed by atoms with Gasteiger partial charge in [-0.05, 0) is 18.4 Å². The quantitative estimate of drug-likeness (QED) is 0.697. The highest BCUT2D eigenvalue weighted by Crippen LogP contribution is 2.21. The highest BCUT2D eigenvalue weighted by molar-refractivity contribution is 5.77. The molecule has 100 valence electrons. The van der Waals surface area contributed by atoms with E-state index in [4.69, 9.17) is 0 Å². The van der Waals surface area contributed by atoms with Gasteiger partial charge in [-0.3, -0.25) is 0 Å². The number of aliphatic hydroxyl groups is 1. The lowest BCUT2D eigenvalue weighted by Crippen LogP contribution is -2.40. The molecule has 1 rings (SSSR count). The molecule has 1 aromatic rings. The van der Waals surface area contributed by atoms with Gasteiger partial charge in [0.25, 0.3) is 0 Å². The summed E-state index contributed by atoms with van der Waals surface area (Å²) in [5, 5.41) is 19.4. The van der Waals surface area contributed by atoms with E-state index in [0.29, 0.717) is 6.42 Å². The fraction of sp³-hybridized carbons (Fsp3) is 0.533. The molecule has 0 fully saturated rings. The van der Waals surface area contributed by atoms with E-state index in [0.717, 1.165) is 31.2 Å². The zero-order chi connectivity index (χ0) is 13.4. The smallest absolute Gasteiger partial charge is 0.336 e. The highest BCUT2D eigenvalue weighted by Gasteiger charge is 2.35. The number of benzene rings is 1. The first kappa shape index (κ1) is 14.7. The van der Waals surface area contributed by atoms with Crippen LogP contribution in [0.1, 0.15) is 44.6 Å². The van der Waals surface area contributed by atoms with Gasteiger partial charge < -0.3 is 10.2 Å². The molecule has 0 bridgehead atoms. The molecule has 0 heterocycles. The lowest BCUT2D eigenvalue weighted by Gasteiger charge is -2.23. The van der Waals surface area contributed by atoms with Crippen molar-refractivity contribution in [3.8, 4) is 0 Å². The molecule has 3 nitrogen and oxygen atoms in total. The molecule has 0 aliphatic rings. The number of carboxylic acid groups (broad SMARTS) is 1. The van der Waals surface area contributed by atoms with Gasteiger partial charge in [-0.2, -0.15) is 0 Å².